The number of hydrogen-bond donors (Lipinski definition) is 1. The SMILES string of the molecule is CCN(CC)c1ccc2[nH]c3c(c(=O)c2c1)CCCC3. The first-order valence-corrected chi connectivity index (χ1v) is 7.67. The summed E-state index contributed by atoms with van der Waals surface area (Å²) in [6, 6.07) is 6.22. The molecule has 0 fully saturated rings. The molecule has 1 heterocycles. The summed E-state index contributed by atoms with van der Waals surface area (Å²) < 4.78 is 0. The van der Waals surface area contributed by atoms with Gasteiger partial charge < -0.3 is 9.88 Å². The van der Waals surface area contributed by atoms with E-state index in [2.05, 4.69) is 41.9 Å². The average molecular weight is 270 g/mol. The molecule has 1 N–H and O–H groups in total. The van der Waals surface area contributed by atoms with Crippen LogP contribution >= 0.6 is 0 Å². The molecule has 0 atom stereocenters. The smallest absolute Gasteiger partial charge is 0.192 e. The van der Waals surface area contributed by atoms with Crippen molar-refractivity contribution in [3.8, 4) is 0 Å². The molecule has 1 aliphatic carbocycles. The second kappa shape index (κ2) is 5.31. The van der Waals surface area contributed by atoms with Crippen LogP contribution in [0.4, 0.5) is 5.69 Å². The maximum absolute atomic E-state index is 12.7. The fourth-order valence-electron chi connectivity index (χ4n) is 3.23. The summed E-state index contributed by atoms with van der Waals surface area (Å²) in [5.74, 6) is 0. The fraction of sp³-hybridized carbons (Fsp3) is 0.471. The highest BCUT2D eigenvalue weighted by molar-refractivity contribution is 5.83. The minimum absolute atomic E-state index is 0.238. The topological polar surface area (TPSA) is 36.1 Å². The molecule has 0 aliphatic heterocycles. The van der Waals surface area contributed by atoms with Crippen molar-refractivity contribution in [3.05, 3.63) is 39.7 Å². The van der Waals surface area contributed by atoms with Gasteiger partial charge in [-0.15, -0.1) is 0 Å². The third-order valence-electron chi connectivity index (χ3n) is 4.40. The molecule has 0 spiro atoms. The van der Waals surface area contributed by atoms with Crippen LogP contribution in [-0.4, -0.2) is 18.1 Å². The van der Waals surface area contributed by atoms with E-state index in [-0.39, 0.29) is 5.43 Å². The zero-order valence-electron chi connectivity index (χ0n) is 12.3. The number of aryl methyl sites for hydroxylation is 1. The lowest BCUT2D eigenvalue weighted by Crippen LogP contribution is -2.23. The summed E-state index contributed by atoms with van der Waals surface area (Å²) in [7, 11) is 0. The van der Waals surface area contributed by atoms with Gasteiger partial charge >= 0.3 is 0 Å². The molecular formula is C17H22N2O. The Labute approximate surface area is 119 Å². The van der Waals surface area contributed by atoms with E-state index in [0.29, 0.717) is 0 Å². The number of aromatic amines is 1. The van der Waals surface area contributed by atoms with Crippen LogP contribution in [-0.2, 0) is 12.8 Å². The number of nitrogens with zero attached hydrogens (tertiary/aromatic N) is 1. The summed E-state index contributed by atoms with van der Waals surface area (Å²) in [6.45, 7) is 6.21. The molecule has 0 amide bonds. The highest BCUT2D eigenvalue weighted by Crippen LogP contribution is 2.23. The number of anilines is 1. The molecule has 106 valence electrons. The van der Waals surface area contributed by atoms with Gasteiger partial charge in [0, 0.05) is 40.9 Å². The van der Waals surface area contributed by atoms with E-state index in [0.717, 1.165) is 60.2 Å². The van der Waals surface area contributed by atoms with Gasteiger partial charge in [0.15, 0.2) is 5.43 Å². The zero-order valence-corrected chi connectivity index (χ0v) is 12.3. The minimum Gasteiger partial charge on any atom is -0.372 e. The molecule has 1 aliphatic rings. The van der Waals surface area contributed by atoms with Crippen molar-refractivity contribution in [2.45, 2.75) is 39.5 Å². The Kier molecular flexibility index (Phi) is 3.51. The Morgan fingerprint density at radius 3 is 2.65 bits per heavy atom. The van der Waals surface area contributed by atoms with Crippen LogP contribution in [0.3, 0.4) is 0 Å². The van der Waals surface area contributed by atoms with E-state index in [1.165, 1.54) is 6.42 Å². The second-order valence-corrected chi connectivity index (χ2v) is 5.52. The summed E-state index contributed by atoms with van der Waals surface area (Å²) in [6.07, 6.45) is 4.26. The quantitative estimate of drug-likeness (QED) is 0.929. The molecular weight excluding hydrogens is 248 g/mol. The highest BCUT2D eigenvalue weighted by Gasteiger charge is 2.16. The van der Waals surface area contributed by atoms with Crippen molar-refractivity contribution in [1.82, 2.24) is 4.98 Å². The van der Waals surface area contributed by atoms with Crippen LogP contribution in [0.1, 0.15) is 37.9 Å². The van der Waals surface area contributed by atoms with E-state index < -0.39 is 0 Å². The van der Waals surface area contributed by atoms with Gasteiger partial charge in [0.2, 0.25) is 0 Å². The lowest BCUT2D eigenvalue weighted by molar-refractivity contribution is 0.667. The van der Waals surface area contributed by atoms with Gasteiger partial charge in [0.05, 0.1) is 0 Å². The molecule has 0 radical (unpaired) electrons. The summed E-state index contributed by atoms with van der Waals surface area (Å²) in [5.41, 5.74) is 4.53. The Hall–Kier alpha value is -1.77. The van der Waals surface area contributed by atoms with Crippen molar-refractivity contribution in [1.29, 1.82) is 0 Å². The van der Waals surface area contributed by atoms with Crippen molar-refractivity contribution >= 4 is 16.6 Å². The molecule has 2 aromatic rings. The van der Waals surface area contributed by atoms with Crippen LogP contribution in [0.2, 0.25) is 0 Å². The Morgan fingerprint density at radius 2 is 1.90 bits per heavy atom. The van der Waals surface area contributed by atoms with Crippen LogP contribution in [0.15, 0.2) is 23.0 Å². The number of benzene rings is 1. The molecule has 3 nitrogen and oxygen atoms in total. The predicted octanol–water partition coefficient (Wildman–Crippen LogP) is 3.25. The van der Waals surface area contributed by atoms with E-state index in [4.69, 9.17) is 0 Å². The summed E-state index contributed by atoms with van der Waals surface area (Å²) in [5, 5.41) is 0.843. The van der Waals surface area contributed by atoms with E-state index in [9.17, 15) is 4.79 Å². The first-order valence-electron chi connectivity index (χ1n) is 7.67. The number of rotatable bonds is 3. The molecule has 0 saturated carbocycles. The number of nitrogens with one attached hydrogen (secondary N) is 1. The van der Waals surface area contributed by atoms with Crippen molar-refractivity contribution in [3.63, 3.8) is 0 Å². The summed E-state index contributed by atoms with van der Waals surface area (Å²) in [4.78, 5) is 18.4. The Bertz CT molecular complexity index is 683. The number of hydrogen-bond acceptors (Lipinski definition) is 2. The van der Waals surface area contributed by atoms with Crippen LogP contribution in [0.5, 0.6) is 0 Å². The zero-order chi connectivity index (χ0) is 14.1. The maximum Gasteiger partial charge on any atom is 0.192 e. The maximum atomic E-state index is 12.7. The monoisotopic (exact) mass is 270 g/mol. The molecule has 0 unspecified atom stereocenters. The number of pyridine rings is 1. The molecule has 1 aromatic carbocycles. The second-order valence-electron chi connectivity index (χ2n) is 5.52. The molecule has 20 heavy (non-hydrogen) atoms. The third kappa shape index (κ3) is 2.11. The van der Waals surface area contributed by atoms with Crippen molar-refractivity contribution in [2.24, 2.45) is 0 Å². The van der Waals surface area contributed by atoms with Gasteiger partial charge in [0.25, 0.3) is 0 Å². The van der Waals surface area contributed by atoms with Gasteiger partial charge in [-0.05, 0) is 57.7 Å². The number of fused-ring (bicyclic) bond motifs is 2. The number of H-pyrrole nitrogens is 1. The summed E-state index contributed by atoms with van der Waals surface area (Å²) >= 11 is 0. The molecule has 0 saturated heterocycles. The molecule has 3 heteroatoms. The van der Waals surface area contributed by atoms with Gasteiger partial charge in [-0.25, -0.2) is 0 Å². The highest BCUT2D eigenvalue weighted by atomic mass is 16.1. The van der Waals surface area contributed by atoms with Crippen LogP contribution in [0, 0.1) is 0 Å². The largest absolute Gasteiger partial charge is 0.372 e. The van der Waals surface area contributed by atoms with Crippen molar-refractivity contribution < 1.29 is 0 Å². The molecule has 0 bridgehead atoms. The van der Waals surface area contributed by atoms with Gasteiger partial charge in [0.1, 0.15) is 0 Å². The molecule has 1 aromatic heterocycles. The van der Waals surface area contributed by atoms with Gasteiger partial charge in [-0.3, -0.25) is 4.79 Å². The van der Waals surface area contributed by atoms with E-state index >= 15 is 0 Å². The lowest BCUT2D eigenvalue weighted by Gasteiger charge is -2.22. The Balaban J connectivity index is 2.19. The van der Waals surface area contributed by atoms with E-state index in [1.54, 1.807) is 0 Å². The third-order valence-corrected chi connectivity index (χ3v) is 4.40. The first-order chi connectivity index (χ1) is 9.74. The average Bonchev–Trinajstić information content (AvgIpc) is 2.49. The van der Waals surface area contributed by atoms with Crippen LogP contribution < -0.4 is 10.3 Å². The van der Waals surface area contributed by atoms with Gasteiger partial charge in [-0.2, -0.15) is 0 Å². The van der Waals surface area contributed by atoms with Crippen molar-refractivity contribution in [2.75, 3.05) is 18.0 Å². The fourth-order valence-corrected chi connectivity index (χ4v) is 3.23. The number of aromatic nitrogens is 1. The lowest BCUT2D eigenvalue weighted by atomic mass is 9.94. The normalized spacial score (nSPS) is 14.3. The standard InChI is InChI=1S/C17H22N2O/c1-3-19(4-2)12-9-10-16-14(11-12)17(20)13-7-5-6-8-15(13)18-16/h9-11H,3-8H2,1-2H3,(H,18,20). The van der Waals surface area contributed by atoms with E-state index in [1.807, 2.05) is 0 Å². The first kappa shape index (κ1) is 13.2. The van der Waals surface area contributed by atoms with Crippen LogP contribution in [0.25, 0.3) is 10.9 Å². The predicted molar refractivity (Wildman–Crippen MR) is 84.8 cm³/mol. The Morgan fingerprint density at radius 1 is 1.15 bits per heavy atom. The van der Waals surface area contributed by atoms with Gasteiger partial charge in [-0.1, -0.05) is 0 Å². The minimum atomic E-state index is 0.238. The molecule has 3 rings (SSSR count).